The number of hydrogen-bond acceptors (Lipinski definition) is 2. The monoisotopic (exact) mass is 244 g/mol. The summed E-state index contributed by atoms with van der Waals surface area (Å²) >= 11 is 0. The molecule has 1 aromatic carbocycles. The Morgan fingerprint density at radius 2 is 1.78 bits per heavy atom. The zero-order valence-corrected chi connectivity index (χ0v) is 11.4. The van der Waals surface area contributed by atoms with E-state index in [2.05, 4.69) is 41.5 Å². The van der Waals surface area contributed by atoms with Gasteiger partial charge in [0.25, 0.3) is 0 Å². The number of hydrogen-bond donors (Lipinski definition) is 1. The first kappa shape index (κ1) is 12.2. The molecule has 1 unspecified atom stereocenters. The SMILES string of the molecule is CN1CCCC1c1ccccc1C1CCNCC1. The van der Waals surface area contributed by atoms with E-state index in [0.717, 1.165) is 5.92 Å². The molecule has 1 N–H and O–H groups in total. The smallest absolute Gasteiger partial charge is 0.0348 e. The summed E-state index contributed by atoms with van der Waals surface area (Å²) in [6, 6.07) is 9.83. The molecule has 3 rings (SSSR count). The first-order chi connectivity index (χ1) is 8.86. The summed E-state index contributed by atoms with van der Waals surface area (Å²) in [6.45, 7) is 3.62. The number of likely N-dealkylation sites (tertiary alicyclic amines) is 1. The summed E-state index contributed by atoms with van der Waals surface area (Å²) < 4.78 is 0. The molecule has 98 valence electrons. The lowest BCUT2D eigenvalue weighted by molar-refractivity contribution is 0.313. The van der Waals surface area contributed by atoms with Crippen molar-refractivity contribution in [3.05, 3.63) is 35.4 Å². The summed E-state index contributed by atoms with van der Waals surface area (Å²) in [5, 5.41) is 3.47. The average molecular weight is 244 g/mol. The second kappa shape index (κ2) is 5.41. The van der Waals surface area contributed by atoms with Gasteiger partial charge in [-0.3, -0.25) is 4.90 Å². The van der Waals surface area contributed by atoms with E-state index in [0.29, 0.717) is 6.04 Å². The largest absolute Gasteiger partial charge is 0.317 e. The number of nitrogens with zero attached hydrogens (tertiary/aromatic N) is 1. The molecule has 2 fully saturated rings. The van der Waals surface area contributed by atoms with Crippen LogP contribution in [0.15, 0.2) is 24.3 Å². The quantitative estimate of drug-likeness (QED) is 0.860. The maximum Gasteiger partial charge on any atom is 0.0348 e. The van der Waals surface area contributed by atoms with E-state index < -0.39 is 0 Å². The van der Waals surface area contributed by atoms with E-state index in [1.807, 2.05) is 0 Å². The Hall–Kier alpha value is -0.860. The van der Waals surface area contributed by atoms with Gasteiger partial charge in [0, 0.05) is 6.04 Å². The third-order valence-corrected chi connectivity index (χ3v) is 4.65. The Morgan fingerprint density at radius 3 is 2.44 bits per heavy atom. The molecular weight excluding hydrogens is 220 g/mol. The Kier molecular flexibility index (Phi) is 3.67. The highest BCUT2D eigenvalue weighted by atomic mass is 15.1. The van der Waals surface area contributed by atoms with Gasteiger partial charge >= 0.3 is 0 Å². The van der Waals surface area contributed by atoms with Crippen molar-refractivity contribution in [2.24, 2.45) is 0 Å². The van der Waals surface area contributed by atoms with Crippen LogP contribution in [0.4, 0.5) is 0 Å². The fourth-order valence-corrected chi connectivity index (χ4v) is 3.62. The van der Waals surface area contributed by atoms with Crippen LogP contribution in [-0.2, 0) is 0 Å². The maximum atomic E-state index is 3.47. The van der Waals surface area contributed by atoms with Crippen LogP contribution in [0.2, 0.25) is 0 Å². The van der Waals surface area contributed by atoms with Gasteiger partial charge in [-0.1, -0.05) is 24.3 Å². The molecule has 0 aliphatic carbocycles. The molecule has 2 heteroatoms. The Labute approximate surface area is 110 Å². The van der Waals surface area contributed by atoms with Gasteiger partial charge in [0.1, 0.15) is 0 Å². The molecule has 0 amide bonds. The highest BCUT2D eigenvalue weighted by Gasteiger charge is 2.27. The van der Waals surface area contributed by atoms with Crippen molar-refractivity contribution >= 4 is 0 Å². The number of piperidine rings is 1. The molecule has 2 saturated heterocycles. The number of nitrogens with one attached hydrogen (secondary N) is 1. The van der Waals surface area contributed by atoms with Crippen molar-refractivity contribution < 1.29 is 0 Å². The number of rotatable bonds is 2. The van der Waals surface area contributed by atoms with Crippen LogP contribution in [0.25, 0.3) is 0 Å². The topological polar surface area (TPSA) is 15.3 Å². The third kappa shape index (κ3) is 2.32. The lowest BCUT2D eigenvalue weighted by atomic mass is 9.84. The zero-order chi connectivity index (χ0) is 12.4. The zero-order valence-electron chi connectivity index (χ0n) is 11.4. The van der Waals surface area contributed by atoms with Gasteiger partial charge in [0.2, 0.25) is 0 Å². The van der Waals surface area contributed by atoms with Crippen LogP contribution in [0.3, 0.4) is 0 Å². The van der Waals surface area contributed by atoms with E-state index in [-0.39, 0.29) is 0 Å². The molecule has 1 atom stereocenters. The Bertz CT molecular complexity index is 396. The van der Waals surface area contributed by atoms with Crippen molar-refractivity contribution in [3.8, 4) is 0 Å². The van der Waals surface area contributed by atoms with Crippen LogP contribution in [0.5, 0.6) is 0 Å². The predicted molar refractivity (Wildman–Crippen MR) is 75.9 cm³/mol. The van der Waals surface area contributed by atoms with E-state index in [1.54, 1.807) is 11.1 Å². The highest BCUT2D eigenvalue weighted by Crippen LogP contribution is 2.37. The molecule has 2 heterocycles. The van der Waals surface area contributed by atoms with Crippen LogP contribution >= 0.6 is 0 Å². The molecule has 0 spiro atoms. The minimum absolute atomic E-state index is 0.663. The van der Waals surface area contributed by atoms with Crippen LogP contribution < -0.4 is 5.32 Å². The van der Waals surface area contributed by atoms with Gasteiger partial charge in [-0.2, -0.15) is 0 Å². The van der Waals surface area contributed by atoms with Gasteiger partial charge in [-0.15, -0.1) is 0 Å². The van der Waals surface area contributed by atoms with Crippen molar-refractivity contribution in [1.29, 1.82) is 0 Å². The highest BCUT2D eigenvalue weighted by molar-refractivity contribution is 5.34. The van der Waals surface area contributed by atoms with Gasteiger partial charge in [0.15, 0.2) is 0 Å². The molecule has 2 aliphatic heterocycles. The molecular formula is C16H24N2. The first-order valence-electron chi connectivity index (χ1n) is 7.36. The van der Waals surface area contributed by atoms with Gasteiger partial charge in [-0.25, -0.2) is 0 Å². The van der Waals surface area contributed by atoms with Crippen molar-refractivity contribution in [3.63, 3.8) is 0 Å². The second-order valence-corrected chi connectivity index (χ2v) is 5.79. The lowest BCUT2D eigenvalue weighted by Gasteiger charge is -2.29. The lowest BCUT2D eigenvalue weighted by Crippen LogP contribution is -2.28. The molecule has 0 aromatic heterocycles. The second-order valence-electron chi connectivity index (χ2n) is 5.79. The molecule has 18 heavy (non-hydrogen) atoms. The van der Waals surface area contributed by atoms with Crippen LogP contribution in [0, 0.1) is 0 Å². The Balaban J connectivity index is 1.89. The summed E-state index contributed by atoms with van der Waals surface area (Å²) in [4.78, 5) is 2.53. The van der Waals surface area contributed by atoms with Gasteiger partial charge in [0.05, 0.1) is 0 Å². The third-order valence-electron chi connectivity index (χ3n) is 4.65. The first-order valence-corrected chi connectivity index (χ1v) is 7.36. The van der Waals surface area contributed by atoms with E-state index >= 15 is 0 Å². The Morgan fingerprint density at radius 1 is 1.06 bits per heavy atom. The summed E-state index contributed by atoms with van der Waals surface area (Å²) in [5.41, 5.74) is 3.22. The molecule has 2 aliphatic rings. The minimum atomic E-state index is 0.663. The molecule has 0 bridgehead atoms. The normalized spacial score (nSPS) is 26.6. The van der Waals surface area contributed by atoms with E-state index in [1.165, 1.54) is 45.3 Å². The van der Waals surface area contributed by atoms with E-state index in [4.69, 9.17) is 0 Å². The molecule has 1 aromatic rings. The van der Waals surface area contributed by atoms with Crippen LogP contribution in [-0.4, -0.2) is 31.6 Å². The van der Waals surface area contributed by atoms with Crippen molar-refractivity contribution in [1.82, 2.24) is 10.2 Å². The summed E-state index contributed by atoms with van der Waals surface area (Å²) in [7, 11) is 2.27. The molecule has 0 saturated carbocycles. The van der Waals surface area contributed by atoms with Crippen LogP contribution in [0.1, 0.15) is 48.8 Å². The fourth-order valence-electron chi connectivity index (χ4n) is 3.62. The minimum Gasteiger partial charge on any atom is -0.317 e. The summed E-state index contributed by atoms with van der Waals surface area (Å²) in [5.74, 6) is 0.774. The fraction of sp³-hybridized carbons (Fsp3) is 0.625. The number of benzene rings is 1. The predicted octanol–water partition coefficient (Wildman–Crippen LogP) is 2.92. The maximum absolute atomic E-state index is 3.47. The van der Waals surface area contributed by atoms with E-state index in [9.17, 15) is 0 Å². The average Bonchev–Trinajstić information content (AvgIpc) is 2.86. The molecule has 2 nitrogen and oxygen atoms in total. The summed E-state index contributed by atoms with van der Waals surface area (Å²) in [6.07, 6.45) is 5.28. The van der Waals surface area contributed by atoms with Gasteiger partial charge < -0.3 is 5.32 Å². The molecule has 0 radical (unpaired) electrons. The van der Waals surface area contributed by atoms with Crippen molar-refractivity contribution in [2.45, 2.75) is 37.6 Å². The standard InChI is InChI=1S/C16H24N2/c1-18-12-4-7-16(18)15-6-3-2-5-14(15)13-8-10-17-11-9-13/h2-3,5-6,13,16-17H,4,7-12H2,1H3. The van der Waals surface area contributed by atoms with Crippen molar-refractivity contribution in [2.75, 3.05) is 26.7 Å². The van der Waals surface area contributed by atoms with Gasteiger partial charge in [-0.05, 0) is 69.4 Å².